The van der Waals surface area contributed by atoms with Gasteiger partial charge >= 0.3 is 0 Å². The van der Waals surface area contributed by atoms with Gasteiger partial charge in [0.05, 0.1) is 12.9 Å². The fourth-order valence-corrected chi connectivity index (χ4v) is 5.18. The Kier molecular flexibility index (Phi) is 4.69. The highest BCUT2D eigenvalue weighted by atomic mass is 79.9. The second-order valence-corrected chi connectivity index (χ2v) is 8.41. The van der Waals surface area contributed by atoms with E-state index in [9.17, 15) is 4.39 Å². The molecule has 0 radical (unpaired) electrons. The van der Waals surface area contributed by atoms with Crippen LogP contribution >= 0.6 is 70.7 Å². The first-order valence-electron chi connectivity index (χ1n) is 4.53. The van der Waals surface area contributed by atoms with Crippen LogP contribution in [0.15, 0.2) is 36.3 Å². The molecule has 0 bridgehead atoms. The standard InChI is InChI=1S/C11H5Br3ClFS/c12-5-1-2-6(8(16)3-5)10(15)7-4-9(13)17-11(7)14/h1-4,10H. The van der Waals surface area contributed by atoms with Crippen LogP contribution in [0, 0.1) is 5.82 Å². The molecule has 90 valence electrons. The summed E-state index contributed by atoms with van der Waals surface area (Å²) in [5.41, 5.74) is 1.34. The Morgan fingerprint density at radius 3 is 2.35 bits per heavy atom. The highest BCUT2D eigenvalue weighted by molar-refractivity contribution is 9.12. The number of halogens is 5. The summed E-state index contributed by atoms with van der Waals surface area (Å²) in [6.07, 6.45) is 0. The van der Waals surface area contributed by atoms with Gasteiger partial charge in [-0.15, -0.1) is 22.9 Å². The van der Waals surface area contributed by atoms with Crippen LogP contribution in [-0.2, 0) is 0 Å². The van der Waals surface area contributed by atoms with Crippen molar-refractivity contribution in [1.29, 1.82) is 0 Å². The van der Waals surface area contributed by atoms with E-state index in [0.717, 1.165) is 13.1 Å². The van der Waals surface area contributed by atoms with E-state index >= 15 is 0 Å². The van der Waals surface area contributed by atoms with E-state index in [0.29, 0.717) is 10.0 Å². The van der Waals surface area contributed by atoms with Gasteiger partial charge in [-0.1, -0.05) is 22.0 Å². The van der Waals surface area contributed by atoms with Gasteiger partial charge in [-0.25, -0.2) is 4.39 Å². The van der Waals surface area contributed by atoms with E-state index in [-0.39, 0.29) is 5.82 Å². The Balaban J connectivity index is 2.43. The monoisotopic (exact) mass is 460 g/mol. The van der Waals surface area contributed by atoms with Gasteiger partial charge in [-0.3, -0.25) is 0 Å². The number of hydrogen-bond donors (Lipinski definition) is 0. The number of rotatable bonds is 2. The van der Waals surface area contributed by atoms with Crippen LogP contribution in [0.3, 0.4) is 0 Å². The highest BCUT2D eigenvalue weighted by Gasteiger charge is 2.19. The first-order valence-corrected chi connectivity index (χ1v) is 8.16. The number of benzene rings is 1. The van der Waals surface area contributed by atoms with Gasteiger partial charge in [0.2, 0.25) is 0 Å². The van der Waals surface area contributed by atoms with Gasteiger partial charge in [0.25, 0.3) is 0 Å². The summed E-state index contributed by atoms with van der Waals surface area (Å²) in [6.45, 7) is 0. The molecule has 0 nitrogen and oxygen atoms in total. The normalized spacial score (nSPS) is 12.8. The Hall–Kier alpha value is 0.580. The van der Waals surface area contributed by atoms with E-state index in [1.165, 1.54) is 17.4 Å². The third-order valence-electron chi connectivity index (χ3n) is 2.19. The molecule has 1 unspecified atom stereocenters. The molecule has 2 rings (SSSR count). The van der Waals surface area contributed by atoms with Crippen molar-refractivity contribution in [3.8, 4) is 0 Å². The van der Waals surface area contributed by atoms with E-state index in [1.807, 2.05) is 6.07 Å². The molecule has 1 aromatic carbocycles. The minimum Gasteiger partial charge on any atom is -0.207 e. The summed E-state index contributed by atoms with van der Waals surface area (Å²) in [7, 11) is 0. The Labute approximate surface area is 133 Å². The molecule has 0 aliphatic carbocycles. The molecule has 0 aliphatic rings. The molecule has 1 atom stereocenters. The van der Waals surface area contributed by atoms with Gasteiger partial charge in [0, 0.05) is 15.6 Å². The molecule has 17 heavy (non-hydrogen) atoms. The number of thiophene rings is 1. The zero-order valence-electron chi connectivity index (χ0n) is 8.18. The van der Waals surface area contributed by atoms with E-state index in [4.69, 9.17) is 11.6 Å². The number of alkyl halides is 1. The van der Waals surface area contributed by atoms with E-state index in [1.54, 1.807) is 12.1 Å². The van der Waals surface area contributed by atoms with Gasteiger partial charge in [-0.2, -0.15) is 0 Å². The molecule has 0 amide bonds. The zero-order valence-corrected chi connectivity index (χ0v) is 14.5. The molecule has 2 aromatic rings. The summed E-state index contributed by atoms with van der Waals surface area (Å²) < 4.78 is 16.4. The zero-order chi connectivity index (χ0) is 12.6. The lowest BCUT2D eigenvalue weighted by atomic mass is 10.1. The Morgan fingerprint density at radius 2 is 1.82 bits per heavy atom. The first-order chi connectivity index (χ1) is 7.99. The molecule has 1 aromatic heterocycles. The molecular weight excluding hydrogens is 458 g/mol. The van der Waals surface area contributed by atoms with Crippen molar-refractivity contribution in [3.05, 3.63) is 53.3 Å². The Morgan fingerprint density at radius 1 is 1.12 bits per heavy atom. The molecule has 0 N–H and O–H groups in total. The van der Waals surface area contributed by atoms with E-state index < -0.39 is 5.38 Å². The molecule has 0 saturated carbocycles. The van der Waals surface area contributed by atoms with Crippen molar-refractivity contribution < 1.29 is 4.39 Å². The maximum Gasteiger partial charge on any atom is 0.129 e. The third kappa shape index (κ3) is 3.13. The lowest BCUT2D eigenvalue weighted by molar-refractivity contribution is 0.611. The summed E-state index contributed by atoms with van der Waals surface area (Å²) >= 11 is 17.9. The van der Waals surface area contributed by atoms with E-state index in [2.05, 4.69) is 47.8 Å². The molecule has 0 saturated heterocycles. The third-order valence-corrected chi connectivity index (χ3v) is 5.54. The average molecular weight is 463 g/mol. The largest absolute Gasteiger partial charge is 0.207 e. The van der Waals surface area contributed by atoms with Crippen molar-refractivity contribution >= 4 is 70.7 Å². The maximum absolute atomic E-state index is 13.8. The summed E-state index contributed by atoms with van der Waals surface area (Å²) in [5, 5.41) is -0.500. The lowest BCUT2D eigenvalue weighted by Crippen LogP contribution is -1.96. The van der Waals surface area contributed by atoms with Crippen LogP contribution in [-0.4, -0.2) is 0 Å². The molecular formula is C11H5Br3ClFS. The summed E-state index contributed by atoms with van der Waals surface area (Å²) in [4.78, 5) is 0. The Bertz CT molecular complexity index is 556. The van der Waals surface area contributed by atoms with Crippen molar-refractivity contribution in [3.63, 3.8) is 0 Å². The highest BCUT2D eigenvalue weighted by Crippen LogP contribution is 2.41. The lowest BCUT2D eigenvalue weighted by Gasteiger charge is -2.10. The van der Waals surface area contributed by atoms with Gasteiger partial charge in [0.1, 0.15) is 5.82 Å². The summed E-state index contributed by atoms with van der Waals surface area (Å²) in [6, 6.07) is 6.78. The minimum absolute atomic E-state index is 0.311. The minimum atomic E-state index is -0.500. The van der Waals surface area contributed by atoms with Crippen molar-refractivity contribution in [2.75, 3.05) is 0 Å². The quantitative estimate of drug-likeness (QED) is 0.446. The van der Waals surface area contributed by atoms with Crippen molar-refractivity contribution in [2.24, 2.45) is 0 Å². The van der Waals surface area contributed by atoms with Crippen LogP contribution in [0.1, 0.15) is 16.5 Å². The molecule has 0 fully saturated rings. The van der Waals surface area contributed by atoms with Gasteiger partial charge in [-0.05, 0) is 50.1 Å². The molecule has 0 aliphatic heterocycles. The van der Waals surface area contributed by atoms with Crippen LogP contribution in [0.5, 0.6) is 0 Å². The summed E-state index contributed by atoms with van der Waals surface area (Å²) in [5.74, 6) is -0.311. The first kappa shape index (κ1) is 14.0. The SMILES string of the molecule is Fc1cc(Br)ccc1C(Cl)c1cc(Br)sc1Br. The van der Waals surface area contributed by atoms with Gasteiger partial charge < -0.3 is 0 Å². The van der Waals surface area contributed by atoms with Crippen LogP contribution < -0.4 is 0 Å². The van der Waals surface area contributed by atoms with Crippen molar-refractivity contribution in [2.45, 2.75) is 5.38 Å². The molecule has 1 heterocycles. The topological polar surface area (TPSA) is 0 Å². The molecule has 0 spiro atoms. The second kappa shape index (κ2) is 5.70. The molecule has 6 heteroatoms. The smallest absolute Gasteiger partial charge is 0.129 e. The van der Waals surface area contributed by atoms with Crippen LogP contribution in [0.25, 0.3) is 0 Å². The fraction of sp³-hybridized carbons (Fsp3) is 0.0909. The maximum atomic E-state index is 13.8. The second-order valence-electron chi connectivity index (χ2n) is 3.31. The van der Waals surface area contributed by atoms with Gasteiger partial charge in [0.15, 0.2) is 0 Å². The average Bonchev–Trinajstić information content (AvgIpc) is 2.57. The fourth-order valence-electron chi connectivity index (χ4n) is 1.40. The van der Waals surface area contributed by atoms with Crippen molar-refractivity contribution in [1.82, 2.24) is 0 Å². The van der Waals surface area contributed by atoms with Crippen LogP contribution in [0.2, 0.25) is 0 Å². The van der Waals surface area contributed by atoms with Crippen LogP contribution in [0.4, 0.5) is 4.39 Å². The predicted molar refractivity (Wildman–Crippen MR) is 81.5 cm³/mol. The number of hydrogen-bond acceptors (Lipinski definition) is 1. The predicted octanol–water partition coefficient (Wildman–Crippen LogP) is 6.50.